The zero-order chi connectivity index (χ0) is 19.4. The Morgan fingerprint density at radius 3 is 2.63 bits per heavy atom. The van der Waals surface area contributed by atoms with Crippen molar-refractivity contribution in [2.75, 3.05) is 6.61 Å². The van der Waals surface area contributed by atoms with E-state index < -0.39 is 28.7 Å². The standard InChI is InChI=1S/C21H20FNO4/c1-2-27-21(26)18-19(24)16-13-15(22)10-11-17(16)23(20(18)25)12-6-9-14-7-4-3-5-8-14/h3-5,7-8,10-11,13,24H,2,6,9,12H2,1H3. The molecule has 3 rings (SSSR count). The molecule has 0 unspecified atom stereocenters. The van der Waals surface area contributed by atoms with E-state index in [1.54, 1.807) is 6.92 Å². The summed E-state index contributed by atoms with van der Waals surface area (Å²) in [7, 11) is 0. The first-order chi connectivity index (χ1) is 13.0. The minimum Gasteiger partial charge on any atom is -0.506 e. The van der Waals surface area contributed by atoms with Gasteiger partial charge in [-0.1, -0.05) is 30.3 Å². The van der Waals surface area contributed by atoms with Crippen molar-refractivity contribution in [1.29, 1.82) is 0 Å². The van der Waals surface area contributed by atoms with Crippen LogP contribution in [0.15, 0.2) is 53.3 Å². The molecule has 27 heavy (non-hydrogen) atoms. The molecule has 0 fully saturated rings. The number of ether oxygens (including phenoxy) is 1. The second kappa shape index (κ2) is 8.03. The number of nitrogens with zero attached hydrogens (tertiary/aromatic N) is 1. The van der Waals surface area contributed by atoms with Crippen molar-refractivity contribution in [3.8, 4) is 5.75 Å². The highest BCUT2D eigenvalue weighted by Gasteiger charge is 2.23. The van der Waals surface area contributed by atoms with Gasteiger partial charge in [-0.2, -0.15) is 0 Å². The van der Waals surface area contributed by atoms with Crippen LogP contribution >= 0.6 is 0 Å². The van der Waals surface area contributed by atoms with Crippen molar-refractivity contribution >= 4 is 16.9 Å². The lowest BCUT2D eigenvalue weighted by Crippen LogP contribution is -2.28. The molecule has 0 aliphatic rings. The van der Waals surface area contributed by atoms with Crippen LogP contribution in [0, 0.1) is 5.82 Å². The van der Waals surface area contributed by atoms with Gasteiger partial charge in [0, 0.05) is 11.9 Å². The quantitative estimate of drug-likeness (QED) is 0.674. The van der Waals surface area contributed by atoms with E-state index in [4.69, 9.17) is 4.74 Å². The summed E-state index contributed by atoms with van der Waals surface area (Å²) in [5.41, 5.74) is 0.401. The van der Waals surface area contributed by atoms with Gasteiger partial charge < -0.3 is 14.4 Å². The number of carbonyl (C=O) groups is 1. The lowest BCUT2D eigenvalue weighted by atomic mass is 10.1. The maximum Gasteiger partial charge on any atom is 0.347 e. The fourth-order valence-corrected chi connectivity index (χ4v) is 3.11. The molecular formula is C21H20FNO4. The monoisotopic (exact) mass is 369 g/mol. The number of aromatic nitrogens is 1. The lowest BCUT2D eigenvalue weighted by molar-refractivity contribution is 0.0520. The molecule has 0 aliphatic heterocycles. The Morgan fingerprint density at radius 1 is 1.19 bits per heavy atom. The van der Waals surface area contributed by atoms with Crippen LogP contribution in [0.25, 0.3) is 10.9 Å². The van der Waals surface area contributed by atoms with Crippen LogP contribution in [0.3, 0.4) is 0 Å². The minimum atomic E-state index is -0.914. The molecule has 0 saturated carbocycles. The van der Waals surface area contributed by atoms with Gasteiger partial charge in [-0.15, -0.1) is 0 Å². The number of pyridine rings is 1. The van der Waals surface area contributed by atoms with Gasteiger partial charge >= 0.3 is 5.97 Å². The van der Waals surface area contributed by atoms with Crippen LogP contribution in [-0.2, 0) is 17.7 Å². The molecule has 0 atom stereocenters. The smallest absolute Gasteiger partial charge is 0.347 e. The fourth-order valence-electron chi connectivity index (χ4n) is 3.11. The average molecular weight is 369 g/mol. The molecule has 3 aromatic rings. The summed E-state index contributed by atoms with van der Waals surface area (Å²) >= 11 is 0. The van der Waals surface area contributed by atoms with Crippen molar-refractivity contribution in [3.05, 3.63) is 75.8 Å². The number of rotatable bonds is 6. The van der Waals surface area contributed by atoms with E-state index >= 15 is 0 Å². The van der Waals surface area contributed by atoms with Crippen LogP contribution in [0.4, 0.5) is 4.39 Å². The van der Waals surface area contributed by atoms with Gasteiger partial charge in [-0.3, -0.25) is 4.79 Å². The van der Waals surface area contributed by atoms with Gasteiger partial charge in [-0.25, -0.2) is 9.18 Å². The van der Waals surface area contributed by atoms with Gasteiger partial charge in [0.25, 0.3) is 5.56 Å². The molecular weight excluding hydrogens is 349 g/mol. The molecule has 1 aromatic heterocycles. The predicted octanol–water partition coefficient (Wildman–Crippen LogP) is 3.66. The van der Waals surface area contributed by atoms with E-state index in [1.165, 1.54) is 16.7 Å². The predicted molar refractivity (Wildman–Crippen MR) is 101 cm³/mol. The number of hydrogen-bond acceptors (Lipinski definition) is 4. The molecule has 1 heterocycles. The fraction of sp³-hybridized carbons (Fsp3) is 0.238. The van der Waals surface area contributed by atoms with E-state index in [0.717, 1.165) is 18.1 Å². The second-order valence-corrected chi connectivity index (χ2v) is 6.15. The van der Waals surface area contributed by atoms with E-state index in [9.17, 15) is 19.1 Å². The number of fused-ring (bicyclic) bond motifs is 1. The molecule has 0 radical (unpaired) electrons. The van der Waals surface area contributed by atoms with E-state index in [1.807, 2.05) is 30.3 Å². The van der Waals surface area contributed by atoms with Crippen LogP contribution in [0.1, 0.15) is 29.3 Å². The zero-order valence-electron chi connectivity index (χ0n) is 14.9. The molecule has 6 heteroatoms. The summed E-state index contributed by atoms with van der Waals surface area (Å²) in [6, 6.07) is 13.6. The Balaban J connectivity index is 2.04. The molecule has 0 amide bonds. The van der Waals surface area contributed by atoms with E-state index in [2.05, 4.69) is 0 Å². The number of benzene rings is 2. The molecule has 5 nitrogen and oxygen atoms in total. The number of halogens is 1. The zero-order valence-corrected chi connectivity index (χ0v) is 14.9. The van der Waals surface area contributed by atoms with Crippen LogP contribution < -0.4 is 5.56 Å². The first-order valence-corrected chi connectivity index (χ1v) is 8.79. The highest BCUT2D eigenvalue weighted by atomic mass is 19.1. The largest absolute Gasteiger partial charge is 0.506 e. The molecule has 0 aliphatic carbocycles. The van der Waals surface area contributed by atoms with Gasteiger partial charge in [0.2, 0.25) is 0 Å². The topological polar surface area (TPSA) is 68.5 Å². The Bertz CT molecular complexity index is 1030. The minimum absolute atomic E-state index is 0.0624. The lowest BCUT2D eigenvalue weighted by Gasteiger charge is -2.14. The number of esters is 1. The van der Waals surface area contributed by atoms with Crippen LogP contribution in [0.2, 0.25) is 0 Å². The van der Waals surface area contributed by atoms with Gasteiger partial charge in [0.15, 0.2) is 5.56 Å². The summed E-state index contributed by atoms with van der Waals surface area (Å²) in [4.78, 5) is 25.0. The molecule has 140 valence electrons. The van der Waals surface area contributed by atoms with Crippen molar-refractivity contribution in [2.24, 2.45) is 0 Å². The van der Waals surface area contributed by atoms with Crippen molar-refractivity contribution in [1.82, 2.24) is 4.57 Å². The van der Waals surface area contributed by atoms with Gasteiger partial charge in [0.1, 0.15) is 11.6 Å². The normalized spacial score (nSPS) is 10.9. The Labute approximate surface area is 155 Å². The van der Waals surface area contributed by atoms with Crippen molar-refractivity contribution in [3.63, 3.8) is 0 Å². The summed E-state index contributed by atoms with van der Waals surface area (Å²) in [5, 5.41) is 10.5. The van der Waals surface area contributed by atoms with E-state index in [-0.39, 0.29) is 12.0 Å². The first-order valence-electron chi connectivity index (χ1n) is 8.79. The third kappa shape index (κ3) is 3.84. The molecule has 1 N–H and O–H groups in total. The van der Waals surface area contributed by atoms with Gasteiger partial charge in [-0.05, 0) is 43.5 Å². The van der Waals surface area contributed by atoms with E-state index in [0.29, 0.717) is 18.5 Å². The number of aryl methyl sites for hydroxylation is 2. The summed E-state index contributed by atoms with van der Waals surface area (Å²) in [6.45, 7) is 1.99. The number of carbonyl (C=O) groups excluding carboxylic acids is 1. The van der Waals surface area contributed by atoms with Crippen molar-refractivity contribution < 1.29 is 19.0 Å². The second-order valence-electron chi connectivity index (χ2n) is 6.15. The first kappa shape index (κ1) is 18.6. The summed E-state index contributed by atoms with van der Waals surface area (Å²) in [6.07, 6.45) is 1.38. The SMILES string of the molecule is CCOC(=O)c1c(O)c2cc(F)ccc2n(CCCc2ccccc2)c1=O. The number of aromatic hydroxyl groups is 1. The average Bonchev–Trinajstić information content (AvgIpc) is 2.66. The maximum absolute atomic E-state index is 13.7. The third-order valence-corrected chi connectivity index (χ3v) is 4.37. The third-order valence-electron chi connectivity index (χ3n) is 4.37. The highest BCUT2D eigenvalue weighted by molar-refractivity contribution is 5.99. The molecule has 0 spiro atoms. The van der Waals surface area contributed by atoms with Crippen LogP contribution in [-0.4, -0.2) is 22.2 Å². The number of hydrogen-bond donors (Lipinski definition) is 1. The van der Waals surface area contributed by atoms with Crippen LogP contribution in [0.5, 0.6) is 5.75 Å². The Hall–Kier alpha value is -3.15. The highest BCUT2D eigenvalue weighted by Crippen LogP contribution is 2.28. The van der Waals surface area contributed by atoms with Crippen molar-refractivity contribution in [2.45, 2.75) is 26.3 Å². The maximum atomic E-state index is 13.7. The summed E-state index contributed by atoms with van der Waals surface area (Å²) in [5.74, 6) is -2.03. The molecule has 2 aromatic carbocycles. The summed E-state index contributed by atoms with van der Waals surface area (Å²) < 4.78 is 20.0. The molecule has 0 bridgehead atoms. The van der Waals surface area contributed by atoms with Gasteiger partial charge in [0.05, 0.1) is 12.1 Å². The Kier molecular flexibility index (Phi) is 5.54. The Morgan fingerprint density at radius 2 is 1.93 bits per heavy atom. The molecule has 0 saturated heterocycles.